The molecular formula is C25H26NO6+. The maximum Gasteiger partial charge on any atom is 0.344 e. The lowest BCUT2D eigenvalue weighted by molar-refractivity contribution is -0.686. The topological polar surface area (TPSA) is 67.1 Å². The molecule has 1 aromatic heterocycles. The average Bonchev–Trinajstić information content (AvgIpc) is 3.20. The molecule has 3 aromatic rings. The molecular weight excluding hydrogens is 410 g/mol. The number of benzene rings is 2. The Balaban J connectivity index is 1.54. The highest BCUT2D eigenvalue weighted by Gasteiger charge is 2.29. The van der Waals surface area contributed by atoms with E-state index in [0.717, 1.165) is 46.5 Å². The summed E-state index contributed by atoms with van der Waals surface area (Å²) in [7, 11) is 1.59. The van der Waals surface area contributed by atoms with Gasteiger partial charge >= 0.3 is 5.97 Å². The van der Waals surface area contributed by atoms with Gasteiger partial charge in [-0.1, -0.05) is 0 Å². The maximum absolute atomic E-state index is 12.2. The van der Waals surface area contributed by atoms with E-state index in [-0.39, 0.29) is 13.4 Å². The van der Waals surface area contributed by atoms with Crippen molar-refractivity contribution >= 4 is 16.7 Å². The van der Waals surface area contributed by atoms with Crippen molar-refractivity contribution in [2.45, 2.75) is 39.3 Å². The van der Waals surface area contributed by atoms with Gasteiger partial charge in [0.1, 0.15) is 5.60 Å². The molecule has 0 saturated carbocycles. The Hall–Kier alpha value is -3.48. The fourth-order valence-corrected chi connectivity index (χ4v) is 4.21. The van der Waals surface area contributed by atoms with Gasteiger partial charge in [0.2, 0.25) is 12.5 Å². The first-order chi connectivity index (χ1) is 15.3. The molecule has 0 spiro atoms. The second kappa shape index (κ2) is 7.58. The summed E-state index contributed by atoms with van der Waals surface area (Å²) in [6.07, 6.45) is 2.94. The van der Waals surface area contributed by atoms with E-state index in [1.165, 1.54) is 5.56 Å². The summed E-state index contributed by atoms with van der Waals surface area (Å²) in [4.78, 5) is 12.2. The lowest BCUT2D eigenvalue weighted by Gasteiger charge is -2.20. The van der Waals surface area contributed by atoms with Gasteiger partial charge in [-0.2, -0.15) is 4.57 Å². The highest BCUT2D eigenvalue weighted by atomic mass is 16.7. The van der Waals surface area contributed by atoms with Gasteiger partial charge in [-0.3, -0.25) is 0 Å². The molecule has 0 bridgehead atoms. The Labute approximate surface area is 186 Å². The summed E-state index contributed by atoms with van der Waals surface area (Å²) in [5.74, 6) is 2.25. The van der Waals surface area contributed by atoms with Crippen molar-refractivity contribution in [3.8, 4) is 34.3 Å². The minimum Gasteiger partial charge on any atom is -0.493 e. The van der Waals surface area contributed by atoms with E-state index in [1.807, 2.05) is 32.9 Å². The number of hydrogen-bond acceptors (Lipinski definition) is 6. The van der Waals surface area contributed by atoms with Gasteiger partial charge < -0.3 is 23.7 Å². The van der Waals surface area contributed by atoms with Crippen LogP contribution in [0.5, 0.6) is 23.0 Å². The third kappa shape index (κ3) is 3.68. The molecule has 0 unspecified atom stereocenters. The van der Waals surface area contributed by atoms with Crippen LogP contribution < -0.4 is 23.5 Å². The Bertz CT molecular complexity index is 1230. The number of nitrogens with zero attached hydrogens (tertiary/aromatic N) is 1. The predicted molar refractivity (Wildman–Crippen MR) is 117 cm³/mol. The Morgan fingerprint density at radius 1 is 1.12 bits per heavy atom. The van der Waals surface area contributed by atoms with E-state index in [4.69, 9.17) is 23.7 Å². The largest absolute Gasteiger partial charge is 0.493 e. The molecule has 2 aliphatic rings. The fraction of sp³-hybridized carbons (Fsp3) is 0.360. The molecule has 3 heterocycles. The second-order valence-corrected chi connectivity index (χ2v) is 8.94. The smallest absolute Gasteiger partial charge is 0.344 e. The standard InChI is InChI=1S/C25H26NO6/c1-25(2,3)32-23(27)13-29-24-18-12-26-8-7-16-10-21-22(31-14-30-21)11-17(16)19(26)9-15(18)5-6-20(24)28-4/h5-6,9-12H,7-8,13-14H2,1-4H3/q+1. The number of carbonyl (C=O) groups is 1. The normalized spacial score (nSPS) is 14.0. The summed E-state index contributed by atoms with van der Waals surface area (Å²) < 4.78 is 30.2. The number of aryl methyl sites for hydroxylation is 2. The number of aromatic nitrogens is 1. The van der Waals surface area contributed by atoms with Crippen LogP contribution in [-0.2, 0) is 22.5 Å². The summed E-state index contributed by atoms with van der Waals surface area (Å²) >= 11 is 0. The van der Waals surface area contributed by atoms with Crippen LogP contribution >= 0.6 is 0 Å². The second-order valence-electron chi connectivity index (χ2n) is 8.94. The molecule has 2 aliphatic heterocycles. The lowest BCUT2D eigenvalue weighted by atomic mass is 9.95. The van der Waals surface area contributed by atoms with Gasteiger partial charge in [0.15, 0.2) is 42.3 Å². The summed E-state index contributed by atoms with van der Waals surface area (Å²) in [6.45, 7) is 6.37. The van der Waals surface area contributed by atoms with Crippen molar-refractivity contribution in [1.29, 1.82) is 0 Å². The third-order valence-corrected chi connectivity index (χ3v) is 5.55. The molecule has 7 nitrogen and oxygen atoms in total. The number of methoxy groups -OCH3 is 1. The van der Waals surface area contributed by atoms with Crippen molar-refractivity contribution in [3.63, 3.8) is 0 Å². The number of ether oxygens (including phenoxy) is 5. The first kappa shape index (κ1) is 20.4. The molecule has 5 rings (SSSR count). The minimum atomic E-state index is -0.569. The van der Waals surface area contributed by atoms with Crippen LogP contribution in [-0.4, -0.2) is 32.1 Å². The van der Waals surface area contributed by atoms with E-state index in [1.54, 1.807) is 7.11 Å². The number of hydrogen-bond donors (Lipinski definition) is 0. The fourth-order valence-electron chi connectivity index (χ4n) is 4.21. The van der Waals surface area contributed by atoms with E-state index >= 15 is 0 Å². The Morgan fingerprint density at radius 2 is 1.91 bits per heavy atom. The third-order valence-electron chi connectivity index (χ3n) is 5.55. The van der Waals surface area contributed by atoms with E-state index < -0.39 is 11.6 Å². The van der Waals surface area contributed by atoms with Crippen molar-refractivity contribution in [1.82, 2.24) is 0 Å². The highest BCUT2D eigenvalue weighted by molar-refractivity contribution is 5.92. The zero-order valence-corrected chi connectivity index (χ0v) is 18.7. The molecule has 166 valence electrons. The van der Waals surface area contributed by atoms with Crippen molar-refractivity contribution < 1.29 is 33.0 Å². The monoisotopic (exact) mass is 436 g/mol. The quantitative estimate of drug-likeness (QED) is 0.458. The summed E-state index contributed by atoms with van der Waals surface area (Å²) in [5.41, 5.74) is 2.90. The summed E-state index contributed by atoms with van der Waals surface area (Å²) in [6, 6.07) is 10.1. The van der Waals surface area contributed by atoms with Crippen molar-refractivity contribution in [3.05, 3.63) is 42.1 Å². The van der Waals surface area contributed by atoms with Crippen LogP contribution in [0.1, 0.15) is 26.3 Å². The zero-order valence-electron chi connectivity index (χ0n) is 18.7. The minimum absolute atomic E-state index is 0.194. The van der Waals surface area contributed by atoms with Gasteiger partial charge in [0, 0.05) is 12.5 Å². The van der Waals surface area contributed by atoms with Gasteiger partial charge in [0.25, 0.3) is 0 Å². The van der Waals surface area contributed by atoms with Crippen molar-refractivity contribution in [2.24, 2.45) is 0 Å². The highest BCUT2D eigenvalue weighted by Crippen LogP contribution is 2.41. The molecule has 0 radical (unpaired) electrons. The van der Waals surface area contributed by atoms with Gasteiger partial charge in [0.05, 0.1) is 18.1 Å². The molecule has 0 saturated heterocycles. The van der Waals surface area contributed by atoms with Crippen LogP contribution in [0.3, 0.4) is 0 Å². The molecule has 7 heteroatoms. The van der Waals surface area contributed by atoms with Crippen LogP contribution in [0.15, 0.2) is 36.5 Å². The molecule has 32 heavy (non-hydrogen) atoms. The first-order valence-electron chi connectivity index (χ1n) is 10.6. The Kier molecular flexibility index (Phi) is 4.84. The average molecular weight is 436 g/mol. The SMILES string of the molecule is COc1ccc2cc3[n+](cc2c1OCC(=O)OC(C)(C)C)CCc1cc2c(cc1-3)OCO2. The van der Waals surface area contributed by atoms with Crippen LogP contribution in [0.2, 0.25) is 0 Å². The molecule has 2 aromatic carbocycles. The Morgan fingerprint density at radius 3 is 2.66 bits per heavy atom. The number of fused-ring (bicyclic) bond motifs is 5. The predicted octanol–water partition coefficient (Wildman–Crippen LogP) is 3.81. The van der Waals surface area contributed by atoms with Gasteiger partial charge in [-0.05, 0) is 56.0 Å². The first-order valence-corrected chi connectivity index (χ1v) is 10.6. The maximum atomic E-state index is 12.2. The van der Waals surface area contributed by atoms with E-state index in [0.29, 0.717) is 11.5 Å². The number of rotatable bonds is 4. The van der Waals surface area contributed by atoms with Crippen LogP contribution in [0.4, 0.5) is 0 Å². The van der Waals surface area contributed by atoms with Gasteiger partial charge in [-0.25, -0.2) is 4.79 Å². The summed E-state index contributed by atoms with van der Waals surface area (Å²) in [5, 5.41) is 1.86. The number of carbonyl (C=O) groups excluding carboxylic acids is 1. The molecule has 0 amide bonds. The lowest BCUT2D eigenvalue weighted by Crippen LogP contribution is -2.40. The number of pyridine rings is 1. The van der Waals surface area contributed by atoms with Crippen LogP contribution in [0, 0.1) is 0 Å². The molecule has 0 atom stereocenters. The van der Waals surface area contributed by atoms with E-state index in [9.17, 15) is 4.79 Å². The van der Waals surface area contributed by atoms with Gasteiger partial charge in [-0.15, -0.1) is 0 Å². The van der Waals surface area contributed by atoms with Crippen molar-refractivity contribution in [2.75, 3.05) is 20.5 Å². The molecule has 0 N–H and O–H groups in total. The van der Waals surface area contributed by atoms with Crippen LogP contribution in [0.25, 0.3) is 22.0 Å². The zero-order chi connectivity index (χ0) is 22.5. The molecule has 0 fully saturated rings. The van der Waals surface area contributed by atoms with E-state index in [2.05, 4.69) is 29.0 Å². The number of esters is 1. The molecule has 0 aliphatic carbocycles.